The van der Waals surface area contributed by atoms with Crippen LogP contribution in [-0.2, 0) is 4.79 Å². The predicted molar refractivity (Wildman–Crippen MR) is 82.6 cm³/mol. The molecule has 1 amide bonds. The lowest BCUT2D eigenvalue weighted by molar-refractivity contribution is -0.130. The number of nitrogens with one attached hydrogen (secondary N) is 1. The third kappa shape index (κ3) is 2.66. The first kappa shape index (κ1) is 14.1. The van der Waals surface area contributed by atoms with Gasteiger partial charge in [-0.05, 0) is 19.9 Å². The van der Waals surface area contributed by atoms with Crippen LogP contribution in [0.15, 0.2) is 30.5 Å². The fraction of sp³-hybridized carbons (Fsp3) is 0.333. The minimum absolute atomic E-state index is 0.0350. The number of benzene rings is 1. The number of nitrogen functional groups attached to an aromatic ring is 1. The second kappa shape index (κ2) is 5.77. The standard InChI is InChI=1S/C15H20N4O/c1-4-19(3)15(20)10(2)18-14-11-7-5-6-8-13(11)17-9-12(14)16/h5-10H,4,16H2,1-3H3,(H,17,18). The van der Waals surface area contributed by atoms with Gasteiger partial charge in [0.2, 0.25) is 5.91 Å². The van der Waals surface area contributed by atoms with E-state index in [1.807, 2.05) is 38.1 Å². The Kier molecular flexibility index (Phi) is 4.08. The first-order valence-corrected chi connectivity index (χ1v) is 6.69. The van der Waals surface area contributed by atoms with Crippen LogP contribution in [0.5, 0.6) is 0 Å². The molecule has 0 aliphatic carbocycles. The number of pyridine rings is 1. The van der Waals surface area contributed by atoms with Crippen LogP contribution in [0.2, 0.25) is 0 Å². The van der Waals surface area contributed by atoms with E-state index in [0.717, 1.165) is 16.6 Å². The summed E-state index contributed by atoms with van der Waals surface area (Å²) < 4.78 is 0. The summed E-state index contributed by atoms with van der Waals surface area (Å²) in [7, 11) is 1.79. The van der Waals surface area contributed by atoms with E-state index in [2.05, 4.69) is 10.3 Å². The van der Waals surface area contributed by atoms with Gasteiger partial charge in [0.25, 0.3) is 0 Å². The number of hydrogen-bond acceptors (Lipinski definition) is 4. The van der Waals surface area contributed by atoms with Crippen LogP contribution >= 0.6 is 0 Å². The molecule has 0 aliphatic heterocycles. The Hall–Kier alpha value is -2.30. The Morgan fingerprint density at radius 3 is 2.85 bits per heavy atom. The molecule has 0 radical (unpaired) electrons. The van der Waals surface area contributed by atoms with Gasteiger partial charge < -0.3 is 16.0 Å². The first-order valence-electron chi connectivity index (χ1n) is 6.69. The van der Waals surface area contributed by atoms with Crippen molar-refractivity contribution in [1.29, 1.82) is 0 Å². The molecule has 1 aromatic carbocycles. The lowest BCUT2D eigenvalue weighted by Crippen LogP contribution is -2.39. The first-order chi connectivity index (χ1) is 9.54. The number of anilines is 2. The van der Waals surface area contributed by atoms with E-state index in [4.69, 9.17) is 5.73 Å². The Balaban J connectivity index is 2.34. The van der Waals surface area contributed by atoms with Crippen molar-refractivity contribution in [3.8, 4) is 0 Å². The summed E-state index contributed by atoms with van der Waals surface area (Å²) in [6.07, 6.45) is 1.62. The summed E-state index contributed by atoms with van der Waals surface area (Å²) in [6, 6.07) is 7.38. The van der Waals surface area contributed by atoms with Crippen LogP contribution in [-0.4, -0.2) is 35.4 Å². The summed E-state index contributed by atoms with van der Waals surface area (Å²) in [5.74, 6) is 0.0350. The molecule has 5 nitrogen and oxygen atoms in total. The molecule has 106 valence electrons. The van der Waals surface area contributed by atoms with Gasteiger partial charge >= 0.3 is 0 Å². The van der Waals surface area contributed by atoms with E-state index in [0.29, 0.717) is 12.2 Å². The number of para-hydroxylation sites is 1. The van der Waals surface area contributed by atoms with E-state index in [-0.39, 0.29) is 11.9 Å². The summed E-state index contributed by atoms with van der Waals surface area (Å²) in [4.78, 5) is 18.1. The molecule has 1 aromatic heterocycles. The molecule has 0 bridgehead atoms. The van der Waals surface area contributed by atoms with Gasteiger partial charge in [0, 0.05) is 19.0 Å². The number of nitrogens with zero attached hydrogens (tertiary/aromatic N) is 2. The van der Waals surface area contributed by atoms with Gasteiger partial charge in [0.15, 0.2) is 0 Å². The molecule has 1 unspecified atom stereocenters. The lowest BCUT2D eigenvalue weighted by atomic mass is 10.1. The van der Waals surface area contributed by atoms with Crippen LogP contribution < -0.4 is 11.1 Å². The number of rotatable bonds is 4. The van der Waals surface area contributed by atoms with Gasteiger partial charge in [0.1, 0.15) is 6.04 Å². The van der Waals surface area contributed by atoms with Crippen molar-refractivity contribution >= 4 is 28.2 Å². The zero-order valence-corrected chi connectivity index (χ0v) is 12.1. The predicted octanol–water partition coefficient (Wildman–Crippen LogP) is 2.10. The van der Waals surface area contributed by atoms with Crippen molar-refractivity contribution < 1.29 is 4.79 Å². The van der Waals surface area contributed by atoms with E-state index in [1.165, 1.54) is 0 Å². The molecule has 20 heavy (non-hydrogen) atoms. The molecule has 2 rings (SSSR count). The average molecular weight is 272 g/mol. The number of amides is 1. The molecule has 0 saturated carbocycles. The average Bonchev–Trinajstić information content (AvgIpc) is 2.48. The highest BCUT2D eigenvalue weighted by atomic mass is 16.2. The van der Waals surface area contributed by atoms with Gasteiger partial charge in [-0.3, -0.25) is 9.78 Å². The lowest BCUT2D eigenvalue weighted by Gasteiger charge is -2.22. The second-order valence-electron chi connectivity index (χ2n) is 4.82. The van der Waals surface area contributed by atoms with Crippen molar-refractivity contribution in [2.75, 3.05) is 24.6 Å². The van der Waals surface area contributed by atoms with Crippen molar-refractivity contribution in [3.63, 3.8) is 0 Å². The number of hydrogen-bond donors (Lipinski definition) is 2. The van der Waals surface area contributed by atoms with Crippen LogP contribution in [0.4, 0.5) is 11.4 Å². The fourth-order valence-corrected chi connectivity index (χ4v) is 2.08. The maximum absolute atomic E-state index is 12.1. The van der Waals surface area contributed by atoms with Gasteiger partial charge in [-0.15, -0.1) is 0 Å². The van der Waals surface area contributed by atoms with E-state index < -0.39 is 0 Å². The monoisotopic (exact) mass is 272 g/mol. The molecular weight excluding hydrogens is 252 g/mol. The summed E-state index contributed by atoms with van der Waals surface area (Å²) in [5.41, 5.74) is 8.16. The number of fused-ring (bicyclic) bond motifs is 1. The number of likely N-dealkylation sites (N-methyl/N-ethyl adjacent to an activating group) is 1. The zero-order valence-electron chi connectivity index (χ0n) is 12.1. The topological polar surface area (TPSA) is 71.2 Å². The number of carbonyl (C=O) groups is 1. The highest BCUT2D eigenvalue weighted by Crippen LogP contribution is 2.28. The largest absolute Gasteiger partial charge is 0.396 e. The Morgan fingerprint density at radius 1 is 1.45 bits per heavy atom. The van der Waals surface area contributed by atoms with Crippen molar-refractivity contribution in [3.05, 3.63) is 30.5 Å². The third-order valence-corrected chi connectivity index (χ3v) is 3.39. The molecule has 0 spiro atoms. The van der Waals surface area contributed by atoms with Crippen LogP contribution in [0.25, 0.3) is 10.9 Å². The highest BCUT2D eigenvalue weighted by molar-refractivity contribution is 5.98. The molecule has 2 aromatic rings. The summed E-state index contributed by atoms with van der Waals surface area (Å²) >= 11 is 0. The number of aromatic nitrogens is 1. The molecule has 0 saturated heterocycles. The van der Waals surface area contributed by atoms with Crippen LogP contribution in [0.3, 0.4) is 0 Å². The van der Waals surface area contributed by atoms with E-state index in [1.54, 1.807) is 18.1 Å². The van der Waals surface area contributed by atoms with Gasteiger partial charge in [0.05, 0.1) is 23.1 Å². The van der Waals surface area contributed by atoms with Crippen molar-refractivity contribution in [1.82, 2.24) is 9.88 Å². The Bertz CT molecular complexity index is 626. The molecule has 3 N–H and O–H groups in total. The molecule has 1 atom stereocenters. The van der Waals surface area contributed by atoms with Gasteiger partial charge in [-0.1, -0.05) is 18.2 Å². The molecule has 1 heterocycles. The van der Waals surface area contributed by atoms with Gasteiger partial charge in [-0.25, -0.2) is 0 Å². The smallest absolute Gasteiger partial charge is 0.244 e. The Morgan fingerprint density at radius 2 is 2.15 bits per heavy atom. The highest BCUT2D eigenvalue weighted by Gasteiger charge is 2.18. The molecule has 0 aliphatic rings. The van der Waals surface area contributed by atoms with E-state index in [9.17, 15) is 4.79 Å². The third-order valence-electron chi connectivity index (χ3n) is 3.39. The van der Waals surface area contributed by atoms with Gasteiger partial charge in [-0.2, -0.15) is 0 Å². The number of carbonyl (C=O) groups excluding carboxylic acids is 1. The van der Waals surface area contributed by atoms with Crippen LogP contribution in [0, 0.1) is 0 Å². The SMILES string of the molecule is CCN(C)C(=O)C(C)Nc1c(N)cnc2ccccc12. The van der Waals surface area contributed by atoms with Crippen molar-refractivity contribution in [2.45, 2.75) is 19.9 Å². The quantitative estimate of drug-likeness (QED) is 0.894. The normalized spacial score (nSPS) is 12.2. The van der Waals surface area contributed by atoms with Crippen molar-refractivity contribution in [2.24, 2.45) is 0 Å². The fourth-order valence-electron chi connectivity index (χ4n) is 2.08. The van der Waals surface area contributed by atoms with E-state index >= 15 is 0 Å². The Labute approximate surface area is 118 Å². The zero-order chi connectivity index (χ0) is 14.7. The minimum Gasteiger partial charge on any atom is -0.396 e. The maximum Gasteiger partial charge on any atom is 0.244 e. The maximum atomic E-state index is 12.1. The summed E-state index contributed by atoms with van der Waals surface area (Å²) in [6.45, 7) is 4.46. The molecule has 5 heteroatoms. The summed E-state index contributed by atoms with van der Waals surface area (Å²) in [5, 5.41) is 4.13. The number of nitrogens with two attached hydrogens (primary N) is 1. The van der Waals surface area contributed by atoms with Crippen LogP contribution in [0.1, 0.15) is 13.8 Å². The second-order valence-corrected chi connectivity index (χ2v) is 4.82. The molecular formula is C15H20N4O. The minimum atomic E-state index is -0.340. The molecule has 0 fully saturated rings.